The number of carboxylic acids is 1. The minimum absolute atomic E-state index is 0.265. The number of aliphatic carboxylic acids is 1. The number of carboxylic acid groups (broad SMARTS) is 1. The van der Waals surface area contributed by atoms with Gasteiger partial charge in [-0.3, -0.25) is 4.79 Å². The fourth-order valence-corrected chi connectivity index (χ4v) is 3.13. The molecule has 0 bridgehead atoms. The van der Waals surface area contributed by atoms with Gasteiger partial charge in [0.2, 0.25) is 0 Å². The molecule has 0 amide bonds. The summed E-state index contributed by atoms with van der Waals surface area (Å²) in [6.45, 7) is 3.02. The number of nitrogens with zero attached hydrogens (tertiary/aromatic N) is 1. The second-order valence-electron chi connectivity index (χ2n) is 5.72. The van der Waals surface area contributed by atoms with E-state index in [4.69, 9.17) is 14.6 Å². The van der Waals surface area contributed by atoms with Gasteiger partial charge in [-0.2, -0.15) is 0 Å². The lowest BCUT2D eigenvalue weighted by molar-refractivity contribution is -0.137. The zero-order valence-electron chi connectivity index (χ0n) is 13.4. The highest BCUT2D eigenvalue weighted by Crippen LogP contribution is 2.39. The standard InChI is InChI=1S/C17H25NO4/c1-21-15-7-5-6-14(17(15)22-2)13-9-11-18(12-13)10-4-3-8-16(19)20/h5-7,13H,3-4,8-12H2,1-2H3,(H,19,20)/t13-/m0/s1. The number of para-hydroxylation sites is 1. The molecule has 0 radical (unpaired) electrons. The van der Waals surface area contributed by atoms with Crippen LogP contribution < -0.4 is 9.47 Å². The van der Waals surface area contributed by atoms with Gasteiger partial charge in [0.15, 0.2) is 11.5 Å². The van der Waals surface area contributed by atoms with Gasteiger partial charge in [0.25, 0.3) is 0 Å². The average molecular weight is 307 g/mol. The van der Waals surface area contributed by atoms with Gasteiger partial charge in [0.1, 0.15) is 0 Å². The minimum atomic E-state index is -0.708. The number of benzene rings is 1. The largest absolute Gasteiger partial charge is 0.493 e. The van der Waals surface area contributed by atoms with Crippen LogP contribution in [0.3, 0.4) is 0 Å². The molecule has 1 aliphatic rings. The quantitative estimate of drug-likeness (QED) is 0.748. The van der Waals surface area contributed by atoms with Gasteiger partial charge in [-0.05, 0) is 38.4 Å². The van der Waals surface area contributed by atoms with Crippen LogP contribution in [0.4, 0.5) is 0 Å². The summed E-state index contributed by atoms with van der Waals surface area (Å²) in [5.74, 6) is 1.35. The van der Waals surface area contributed by atoms with Gasteiger partial charge in [-0.1, -0.05) is 12.1 Å². The van der Waals surface area contributed by atoms with Gasteiger partial charge in [-0.15, -0.1) is 0 Å². The molecule has 0 aliphatic carbocycles. The van der Waals surface area contributed by atoms with Crippen LogP contribution >= 0.6 is 0 Å². The fraction of sp³-hybridized carbons (Fsp3) is 0.588. The summed E-state index contributed by atoms with van der Waals surface area (Å²) < 4.78 is 10.9. The van der Waals surface area contributed by atoms with Gasteiger partial charge in [0.05, 0.1) is 14.2 Å². The highest BCUT2D eigenvalue weighted by Gasteiger charge is 2.26. The topological polar surface area (TPSA) is 59.0 Å². The molecule has 1 aliphatic heterocycles. The first-order valence-electron chi connectivity index (χ1n) is 7.80. The molecule has 1 aromatic rings. The first-order chi connectivity index (χ1) is 10.7. The van der Waals surface area contributed by atoms with Crippen molar-refractivity contribution in [1.29, 1.82) is 0 Å². The second kappa shape index (κ2) is 8.03. The van der Waals surface area contributed by atoms with Crippen molar-refractivity contribution in [2.45, 2.75) is 31.6 Å². The summed E-state index contributed by atoms with van der Waals surface area (Å²) in [5, 5.41) is 8.66. The van der Waals surface area contributed by atoms with Crippen molar-refractivity contribution in [3.8, 4) is 11.5 Å². The molecule has 5 nitrogen and oxygen atoms in total. The molecule has 22 heavy (non-hydrogen) atoms. The van der Waals surface area contributed by atoms with E-state index in [-0.39, 0.29) is 6.42 Å². The van der Waals surface area contributed by atoms with E-state index >= 15 is 0 Å². The highest BCUT2D eigenvalue weighted by molar-refractivity contribution is 5.66. The number of ether oxygens (including phenoxy) is 2. The Balaban J connectivity index is 1.91. The summed E-state index contributed by atoms with van der Waals surface area (Å²) in [6.07, 6.45) is 3.05. The zero-order valence-corrected chi connectivity index (χ0v) is 13.4. The Kier molecular flexibility index (Phi) is 6.07. The molecule has 0 spiro atoms. The van der Waals surface area contributed by atoms with Gasteiger partial charge >= 0.3 is 5.97 Å². The Morgan fingerprint density at radius 1 is 1.32 bits per heavy atom. The maximum absolute atomic E-state index is 10.5. The molecule has 0 aromatic heterocycles. The Labute approximate surface area is 131 Å². The van der Waals surface area contributed by atoms with Crippen LogP contribution in [0.2, 0.25) is 0 Å². The fourth-order valence-electron chi connectivity index (χ4n) is 3.13. The van der Waals surface area contributed by atoms with Crippen LogP contribution in [0, 0.1) is 0 Å². The van der Waals surface area contributed by atoms with E-state index in [9.17, 15) is 4.79 Å². The van der Waals surface area contributed by atoms with Gasteiger partial charge in [0, 0.05) is 24.4 Å². The van der Waals surface area contributed by atoms with Gasteiger partial charge in [-0.25, -0.2) is 0 Å². The molecular weight excluding hydrogens is 282 g/mol. The minimum Gasteiger partial charge on any atom is -0.493 e. The Morgan fingerprint density at radius 2 is 2.14 bits per heavy atom. The number of unbranched alkanes of at least 4 members (excludes halogenated alkanes) is 1. The third-order valence-electron chi connectivity index (χ3n) is 4.26. The number of hydrogen-bond acceptors (Lipinski definition) is 4. The monoisotopic (exact) mass is 307 g/mol. The molecule has 5 heteroatoms. The summed E-state index contributed by atoms with van der Waals surface area (Å²) in [6, 6.07) is 6.03. The maximum Gasteiger partial charge on any atom is 0.303 e. The van der Waals surface area contributed by atoms with E-state index in [0.29, 0.717) is 5.92 Å². The van der Waals surface area contributed by atoms with Crippen LogP contribution in [0.15, 0.2) is 18.2 Å². The van der Waals surface area contributed by atoms with Crippen molar-refractivity contribution < 1.29 is 19.4 Å². The molecule has 1 heterocycles. The third-order valence-corrected chi connectivity index (χ3v) is 4.26. The van der Waals surface area contributed by atoms with Crippen LogP contribution in [-0.4, -0.2) is 49.8 Å². The van der Waals surface area contributed by atoms with Crippen LogP contribution in [0.5, 0.6) is 11.5 Å². The highest BCUT2D eigenvalue weighted by atomic mass is 16.5. The molecule has 1 saturated heterocycles. The molecule has 1 fully saturated rings. The van der Waals surface area contributed by atoms with Crippen molar-refractivity contribution in [2.75, 3.05) is 33.9 Å². The third kappa shape index (κ3) is 4.13. The van der Waals surface area contributed by atoms with E-state index in [1.807, 2.05) is 12.1 Å². The molecular formula is C17H25NO4. The Morgan fingerprint density at radius 3 is 2.82 bits per heavy atom. The first-order valence-corrected chi connectivity index (χ1v) is 7.80. The van der Waals surface area contributed by atoms with Gasteiger partial charge < -0.3 is 19.5 Å². The predicted molar refractivity (Wildman–Crippen MR) is 84.8 cm³/mol. The Bertz CT molecular complexity index is 503. The van der Waals surface area contributed by atoms with Crippen molar-refractivity contribution in [3.05, 3.63) is 23.8 Å². The molecule has 122 valence electrons. The summed E-state index contributed by atoms with van der Waals surface area (Å²) in [5.41, 5.74) is 1.20. The smallest absolute Gasteiger partial charge is 0.303 e. The van der Waals surface area contributed by atoms with E-state index in [1.54, 1.807) is 14.2 Å². The zero-order chi connectivity index (χ0) is 15.9. The lowest BCUT2D eigenvalue weighted by Crippen LogP contribution is -2.21. The number of hydrogen-bond donors (Lipinski definition) is 1. The van der Waals surface area contributed by atoms with Crippen molar-refractivity contribution in [1.82, 2.24) is 4.90 Å². The molecule has 1 aromatic carbocycles. The first kappa shape index (κ1) is 16.6. The second-order valence-corrected chi connectivity index (χ2v) is 5.72. The summed E-state index contributed by atoms with van der Waals surface area (Å²) in [7, 11) is 3.34. The number of methoxy groups -OCH3 is 2. The van der Waals surface area contributed by atoms with Crippen molar-refractivity contribution in [3.63, 3.8) is 0 Å². The van der Waals surface area contributed by atoms with E-state index in [2.05, 4.69) is 11.0 Å². The summed E-state index contributed by atoms with van der Waals surface area (Å²) in [4.78, 5) is 12.9. The van der Waals surface area contributed by atoms with E-state index < -0.39 is 5.97 Å². The average Bonchev–Trinajstić information content (AvgIpc) is 2.99. The SMILES string of the molecule is COc1cccc([C@H]2CCN(CCCCC(=O)O)C2)c1OC. The van der Waals surface area contributed by atoms with Crippen LogP contribution in [0.1, 0.15) is 37.2 Å². The molecule has 0 saturated carbocycles. The Hall–Kier alpha value is -1.75. The number of rotatable bonds is 8. The van der Waals surface area contributed by atoms with E-state index in [0.717, 1.165) is 50.4 Å². The van der Waals surface area contributed by atoms with E-state index in [1.165, 1.54) is 5.56 Å². The predicted octanol–water partition coefficient (Wildman–Crippen LogP) is 2.75. The lowest BCUT2D eigenvalue weighted by atomic mass is 9.97. The normalized spacial score (nSPS) is 18.4. The molecule has 2 rings (SSSR count). The lowest BCUT2D eigenvalue weighted by Gasteiger charge is -2.18. The molecule has 1 atom stereocenters. The number of carbonyl (C=O) groups is 1. The summed E-state index contributed by atoms with van der Waals surface area (Å²) >= 11 is 0. The van der Waals surface area contributed by atoms with Crippen molar-refractivity contribution >= 4 is 5.97 Å². The molecule has 0 unspecified atom stereocenters. The van der Waals surface area contributed by atoms with Crippen LogP contribution in [0.25, 0.3) is 0 Å². The van der Waals surface area contributed by atoms with Crippen molar-refractivity contribution in [2.24, 2.45) is 0 Å². The number of likely N-dealkylation sites (tertiary alicyclic amines) is 1. The maximum atomic E-state index is 10.5. The molecule has 1 N–H and O–H groups in total. The van der Waals surface area contributed by atoms with Crippen LogP contribution in [-0.2, 0) is 4.79 Å².